The van der Waals surface area contributed by atoms with Crippen LogP contribution in [0.5, 0.6) is 0 Å². The summed E-state index contributed by atoms with van der Waals surface area (Å²) >= 11 is 0. The Morgan fingerprint density at radius 2 is 1.04 bits per heavy atom. The lowest BCUT2D eigenvalue weighted by atomic mass is 10.3. The summed E-state index contributed by atoms with van der Waals surface area (Å²) in [7, 11) is -3.06. The number of benzene rings is 3. The van der Waals surface area contributed by atoms with Crippen molar-refractivity contribution in [1.29, 1.82) is 0 Å². The van der Waals surface area contributed by atoms with Crippen molar-refractivity contribution in [2.75, 3.05) is 10.9 Å². The van der Waals surface area contributed by atoms with Gasteiger partial charge in [0.05, 0.1) is 19.5 Å². The molecule has 3 aromatic carbocycles. The van der Waals surface area contributed by atoms with Gasteiger partial charge in [-0.3, -0.25) is 5.09 Å². The maximum Gasteiger partial charge on any atom is 0.163 e. The Kier molecular flexibility index (Phi) is 5.41. The summed E-state index contributed by atoms with van der Waals surface area (Å²) in [4.78, 5) is 0. The van der Waals surface area contributed by atoms with Gasteiger partial charge in [0.2, 0.25) is 0 Å². The van der Waals surface area contributed by atoms with Crippen LogP contribution < -0.4 is 15.7 Å². The topological polar surface area (TPSA) is 12.0 Å². The molecule has 25 heavy (non-hydrogen) atoms. The molecule has 0 spiro atoms. The molecule has 0 bridgehead atoms. The number of hydrogen-bond donors (Lipinski definition) is 1. The van der Waals surface area contributed by atoms with Gasteiger partial charge >= 0.3 is 0 Å². The molecule has 0 aliphatic carbocycles. The number of para-hydroxylation sites is 1. The summed E-state index contributed by atoms with van der Waals surface area (Å²) < 4.78 is 0. The third-order valence-electron chi connectivity index (χ3n) is 4.20. The van der Waals surface area contributed by atoms with Crippen molar-refractivity contribution in [2.24, 2.45) is 0 Å². The minimum Gasteiger partial charge on any atom is -0.251 e. The third kappa shape index (κ3) is 4.39. The van der Waals surface area contributed by atoms with Crippen LogP contribution in [0.15, 0.2) is 91.0 Å². The first-order valence-corrected chi connectivity index (χ1v) is 14.5. The maximum atomic E-state index is 4.03. The van der Waals surface area contributed by atoms with Crippen molar-refractivity contribution in [3.05, 3.63) is 91.0 Å². The Labute approximate surface area is 153 Å². The first-order valence-electron chi connectivity index (χ1n) is 8.82. The summed E-state index contributed by atoms with van der Waals surface area (Å²) in [5.74, 6) is 1.24. The van der Waals surface area contributed by atoms with E-state index in [1.165, 1.54) is 22.1 Å². The van der Waals surface area contributed by atoms with E-state index >= 15 is 0 Å². The smallest absolute Gasteiger partial charge is 0.163 e. The van der Waals surface area contributed by atoms with E-state index in [0.29, 0.717) is 0 Å². The van der Waals surface area contributed by atoms with Gasteiger partial charge in [0.25, 0.3) is 0 Å². The average molecular weight is 365 g/mol. The van der Waals surface area contributed by atoms with Crippen molar-refractivity contribution in [3.8, 4) is 0 Å². The molecule has 0 heterocycles. The number of hydrogen-bond acceptors (Lipinski definition) is 1. The fraction of sp³-hybridized carbons (Fsp3) is 0.182. The van der Waals surface area contributed by atoms with Crippen LogP contribution in [0.2, 0.25) is 19.6 Å². The van der Waals surface area contributed by atoms with Gasteiger partial charge in [0.1, 0.15) is 10.6 Å². The van der Waals surface area contributed by atoms with Crippen molar-refractivity contribution in [3.63, 3.8) is 0 Å². The molecular formula is C22H27NPSi+. The minimum absolute atomic E-state index is 1.21. The second-order valence-electron chi connectivity index (χ2n) is 7.68. The molecule has 0 unspecified atom stereocenters. The number of nitrogens with one attached hydrogen (secondary N) is 1. The molecule has 3 heteroatoms. The molecule has 0 saturated heterocycles. The van der Waals surface area contributed by atoms with E-state index in [-0.39, 0.29) is 0 Å². The Morgan fingerprint density at radius 3 is 1.44 bits per heavy atom. The van der Waals surface area contributed by atoms with E-state index in [0.717, 1.165) is 0 Å². The van der Waals surface area contributed by atoms with Gasteiger partial charge in [-0.15, -0.1) is 0 Å². The van der Waals surface area contributed by atoms with E-state index in [4.69, 9.17) is 0 Å². The zero-order valence-corrected chi connectivity index (χ0v) is 17.2. The first-order chi connectivity index (χ1) is 12.0. The molecule has 1 nitrogen and oxygen atoms in total. The highest BCUT2D eigenvalue weighted by atomic mass is 31.2. The van der Waals surface area contributed by atoms with Gasteiger partial charge in [-0.25, -0.2) is 0 Å². The fourth-order valence-corrected chi connectivity index (χ4v) is 13.3. The Morgan fingerprint density at radius 1 is 0.640 bits per heavy atom. The molecule has 0 amide bonds. The average Bonchev–Trinajstić information content (AvgIpc) is 2.62. The lowest BCUT2D eigenvalue weighted by Gasteiger charge is -2.32. The molecule has 0 fully saturated rings. The highest BCUT2D eigenvalue weighted by Gasteiger charge is 2.47. The van der Waals surface area contributed by atoms with Crippen LogP contribution in [0.1, 0.15) is 0 Å². The van der Waals surface area contributed by atoms with Crippen molar-refractivity contribution >= 4 is 31.8 Å². The van der Waals surface area contributed by atoms with Gasteiger partial charge in [0, 0.05) is 0 Å². The molecule has 0 radical (unpaired) electrons. The summed E-state index contributed by atoms with van der Waals surface area (Å²) in [6.45, 7) is 7.42. The van der Waals surface area contributed by atoms with E-state index in [9.17, 15) is 0 Å². The van der Waals surface area contributed by atoms with Crippen LogP contribution in [-0.4, -0.2) is 13.9 Å². The van der Waals surface area contributed by atoms with E-state index in [2.05, 4.69) is 116 Å². The van der Waals surface area contributed by atoms with E-state index < -0.39 is 15.5 Å². The molecule has 3 rings (SSSR count). The van der Waals surface area contributed by atoms with Crippen LogP contribution >= 0.6 is 7.41 Å². The van der Waals surface area contributed by atoms with Gasteiger partial charge in [-0.05, 0) is 36.4 Å². The summed E-state index contributed by atoms with van der Waals surface area (Å²) in [5, 5.41) is 6.90. The summed E-state index contributed by atoms with van der Waals surface area (Å²) in [5.41, 5.74) is 1.21. The van der Waals surface area contributed by atoms with Crippen molar-refractivity contribution in [1.82, 2.24) is 0 Å². The fourth-order valence-electron chi connectivity index (χ4n) is 3.31. The lowest BCUT2D eigenvalue weighted by molar-refractivity contribution is 1.59. The third-order valence-corrected chi connectivity index (χ3v) is 12.9. The van der Waals surface area contributed by atoms with Gasteiger partial charge in [0.15, 0.2) is 7.41 Å². The highest BCUT2D eigenvalue weighted by Crippen LogP contribution is 2.57. The number of rotatable bonds is 6. The monoisotopic (exact) mass is 364 g/mol. The van der Waals surface area contributed by atoms with Gasteiger partial charge in [-0.2, -0.15) is 0 Å². The Bertz CT molecular complexity index is 743. The lowest BCUT2D eigenvalue weighted by Crippen LogP contribution is -2.39. The number of anilines is 1. The predicted molar refractivity (Wildman–Crippen MR) is 117 cm³/mol. The van der Waals surface area contributed by atoms with Crippen LogP contribution in [0.3, 0.4) is 0 Å². The standard InChI is InChI=1S/C22H27NPSi/c1-25(2,3)19-24(21-15-9-5-10-16-21,22-17-11-6-12-18-22)23-20-13-7-4-8-14-20/h4-18,23H,19H2,1-3H3/q+1. The molecule has 0 saturated carbocycles. The quantitative estimate of drug-likeness (QED) is 0.446. The molecule has 0 aromatic heterocycles. The maximum absolute atomic E-state index is 4.03. The normalized spacial score (nSPS) is 12.0. The summed E-state index contributed by atoms with van der Waals surface area (Å²) in [6.07, 6.45) is 0. The zero-order chi connectivity index (χ0) is 17.8. The Balaban J connectivity index is 2.19. The van der Waals surface area contributed by atoms with Gasteiger partial charge < -0.3 is 0 Å². The van der Waals surface area contributed by atoms with Gasteiger partial charge in [-0.1, -0.05) is 74.2 Å². The zero-order valence-electron chi connectivity index (χ0n) is 15.3. The van der Waals surface area contributed by atoms with Crippen LogP contribution in [-0.2, 0) is 0 Å². The molecule has 0 aliphatic rings. The minimum atomic E-state index is -1.73. The van der Waals surface area contributed by atoms with E-state index in [1.807, 2.05) is 0 Å². The first kappa shape index (κ1) is 17.9. The second kappa shape index (κ2) is 7.55. The molecule has 0 aliphatic heterocycles. The second-order valence-corrected chi connectivity index (χ2v) is 16.9. The van der Waals surface area contributed by atoms with Crippen molar-refractivity contribution < 1.29 is 0 Å². The molecule has 1 N–H and O–H groups in total. The molecular weight excluding hydrogens is 337 g/mol. The van der Waals surface area contributed by atoms with Crippen LogP contribution in [0.25, 0.3) is 0 Å². The van der Waals surface area contributed by atoms with E-state index in [1.54, 1.807) is 0 Å². The van der Waals surface area contributed by atoms with Crippen LogP contribution in [0.4, 0.5) is 5.69 Å². The van der Waals surface area contributed by atoms with Crippen LogP contribution in [0, 0.1) is 0 Å². The SMILES string of the molecule is C[Si](C)(C)C[P+](Nc1ccccc1)(c1ccccc1)c1ccccc1. The molecule has 0 atom stereocenters. The van der Waals surface area contributed by atoms with Crippen molar-refractivity contribution in [2.45, 2.75) is 19.6 Å². The Hall–Kier alpha value is -1.89. The highest BCUT2D eigenvalue weighted by molar-refractivity contribution is 7.92. The predicted octanol–water partition coefficient (Wildman–Crippen LogP) is 5.56. The largest absolute Gasteiger partial charge is 0.251 e. The molecule has 128 valence electrons. The molecule has 3 aromatic rings. The summed E-state index contributed by atoms with van der Waals surface area (Å²) in [6, 6.07) is 32.8.